The Kier molecular flexibility index (Phi) is 4.87. The van der Waals surface area contributed by atoms with Crippen molar-refractivity contribution in [3.05, 3.63) is 113 Å². The van der Waals surface area contributed by atoms with Crippen molar-refractivity contribution in [3.63, 3.8) is 0 Å². The summed E-state index contributed by atoms with van der Waals surface area (Å²) in [7, 11) is 0. The lowest BCUT2D eigenvalue weighted by Crippen LogP contribution is -2.31. The third kappa shape index (κ3) is 3.12. The van der Waals surface area contributed by atoms with Gasteiger partial charge in [0.05, 0.1) is 17.5 Å². The minimum absolute atomic E-state index is 0.121. The van der Waals surface area contributed by atoms with Gasteiger partial charge < -0.3 is 0 Å². The molecule has 0 spiro atoms. The van der Waals surface area contributed by atoms with Gasteiger partial charge in [0.1, 0.15) is 0 Å². The number of rotatable bonds is 3. The van der Waals surface area contributed by atoms with E-state index in [0.717, 1.165) is 15.6 Å². The second-order valence-corrected chi connectivity index (χ2v) is 8.72. The molecule has 1 aliphatic heterocycles. The average molecular weight is 458 g/mol. The van der Waals surface area contributed by atoms with Crippen molar-refractivity contribution >= 4 is 33.4 Å². The van der Waals surface area contributed by atoms with Crippen LogP contribution < -0.4 is 4.90 Å². The van der Waals surface area contributed by atoms with E-state index in [4.69, 9.17) is 0 Å². The molecular weight excluding hydrogens is 438 g/mol. The minimum atomic E-state index is -0.422. The van der Waals surface area contributed by atoms with Gasteiger partial charge >= 0.3 is 0 Å². The molecule has 4 atom stereocenters. The monoisotopic (exact) mass is 457 g/mol. The summed E-state index contributed by atoms with van der Waals surface area (Å²) in [5, 5.41) is 0. The standard InChI is InChI=1S/C26H20BrNO2/c27-19-12-7-13-20(16-19)28-25(29)23-21(17-8-3-1-4-9-17)14-15-22(24(23)26(28)30)18-10-5-2-6-11-18/h1-16,21-24H/t21-,22-,23-,24+/m0/s1. The van der Waals surface area contributed by atoms with Gasteiger partial charge in [-0.2, -0.15) is 0 Å². The molecule has 0 bridgehead atoms. The molecule has 0 unspecified atom stereocenters. The van der Waals surface area contributed by atoms with Crippen LogP contribution in [0.3, 0.4) is 0 Å². The summed E-state index contributed by atoms with van der Waals surface area (Å²) in [6.45, 7) is 0. The number of carbonyl (C=O) groups excluding carboxylic acids is 2. The zero-order valence-electron chi connectivity index (χ0n) is 16.2. The Labute approximate surface area is 184 Å². The lowest BCUT2D eigenvalue weighted by Gasteiger charge is -2.32. The fraction of sp³-hybridized carbons (Fsp3) is 0.154. The summed E-state index contributed by atoms with van der Waals surface area (Å²) in [5.41, 5.74) is 2.74. The summed E-state index contributed by atoms with van der Waals surface area (Å²) < 4.78 is 0.841. The molecular formula is C26H20BrNO2. The van der Waals surface area contributed by atoms with Crippen LogP contribution in [0.25, 0.3) is 0 Å². The number of amides is 2. The molecule has 1 saturated heterocycles. The van der Waals surface area contributed by atoms with E-state index >= 15 is 0 Å². The first-order valence-electron chi connectivity index (χ1n) is 10.1. The normalized spacial score (nSPS) is 25.4. The first-order valence-corrected chi connectivity index (χ1v) is 10.9. The molecule has 1 fully saturated rings. The van der Waals surface area contributed by atoms with Gasteiger partial charge in [-0.15, -0.1) is 0 Å². The van der Waals surface area contributed by atoms with E-state index in [9.17, 15) is 9.59 Å². The molecule has 148 valence electrons. The Morgan fingerprint density at radius 3 is 1.60 bits per heavy atom. The SMILES string of the molecule is O=C1[C@@H]2[C@H](C(=O)N1c1cccc(Br)c1)[C@H](c1ccccc1)C=C[C@H]2c1ccccc1. The van der Waals surface area contributed by atoms with Gasteiger partial charge in [-0.1, -0.05) is 94.8 Å². The highest BCUT2D eigenvalue weighted by molar-refractivity contribution is 9.10. The number of anilines is 1. The topological polar surface area (TPSA) is 37.4 Å². The fourth-order valence-corrected chi connectivity index (χ4v) is 5.19. The van der Waals surface area contributed by atoms with E-state index < -0.39 is 11.8 Å². The van der Waals surface area contributed by atoms with Crippen LogP contribution in [0.5, 0.6) is 0 Å². The molecule has 1 aliphatic carbocycles. The number of fused-ring (bicyclic) bond motifs is 1. The number of carbonyl (C=O) groups is 2. The molecule has 2 aliphatic rings. The van der Waals surface area contributed by atoms with Crippen molar-refractivity contribution in [2.45, 2.75) is 11.8 Å². The molecule has 5 rings (SSSR count). The van der Waals surface area contributed by atoms with Crippen molar-refractivity contribution in [2.75, 3.05) is 4.90 Å². The maximum absolute atomic E-state index is 13.7. The van der Waals surface area contributed by atoms with Gasteiger partial charge in [0.25, 0.3) is 0 Å². The van der Waals surface area contributed by atoms with Crippen LogP contribution in [0.2, 0.25) is 0 Å². The molecule has 30 heavy (non-hydrogen) atoms. The Hall–Kier alpha value is -2.98. The smallest absolute Gasteiger partial charge is 0.238 e. The second kappa shape index (κ2) is 7.69. The van der Waals surface area contributed by atoms with Crippen LogP contribution in [0.4, 0.5) is 5.69 Å². The Bertz CT molecular complexity index is 1060. The van der Waals surface area contributed by atoms with E-state index in [-0.39, 0.29) is 23.7 Å². The quantitative estimate of drug-likeness (QED) is 0.374. The molecule has 2 amide bonds. The molecule has 3 aromatic carbocycles. The van der Waals surface area contributed by atoms with Crippen molar-refractivity contribution in [2.24, 2.45) is 11.8 Å². The van der Waals surface area contributed by atoms with Gasteiger partial charge in [0.15, 0.2) is 0 Å². The van der Waals surface area contributed by atoms with Crippen molar-refractivity contribution in [3.8, 4) is 0 Å². The van der Waals surface area contributed by atoms with Crippen LogP contribution in [-0.2, 0) is 9.59 Å². The largest absolute Gasteiger partial charge is 0.274 e. The van der Waals surface area contributed by atoms with Crippen LogP contribution in [-0.4, -0.2) is 11.8 Å². The number of allylic oxidation sites excluding steroid dienone is 2. The van der Waals surface area contributed by atoms with Crippen molar-refractivity contribution < 1.29 is 9.59 Å². The number of halogens is 1. The van der Waals surface area contributed by atoms with Crippen molar-refractivity contribution in [1.82, 2.24) is 0 Å². The molecule has 4 heteroatoms. The summed E-state index contributed by atoms with van der Waals surface area (Å²) in [5.74, 6) is -1.33. The maximum atomic E-state index is 13.7. The lowest BCUT2D eigenvalue weighted by molar-refractivity contribution is -0.122. The average Bonchev–Trinajstić information content (AvgIpc) is 3.05. The molecule has 0 aromatic heterocycles. The molecule has 0 radical (unpaired) electrons. The predicted octanol–water partition coefficient (Wildman–Crippen LogP) is 5.69. The molecule has 0 N–H and O–H groups in total. The number of hydrogen-bond acceptors (Lipinski definition) is 2. The maximum Gasteiger partial charge on any atom is 0.238 e. The predicted molar refractivity (Wildman–Crippen MR) is 121 cm³/mol. The Morgan fingerprint density at radius 1 is 0.633 bits per heavy atom. The fourth-order valence-electron chi connectivity index (χ4n) is 4.80. The molecule has 1 heterocycles. The number of nitrogens with zero attached hydrogens (tertiary/aromatic N) is 1. The van der Waals surface area contributed by atoms with Gasteiger partial charge in [-0.25, -0.2) is 4.90 Å². The summed E-state index contributed by atoms with van der Waals surface area (Å²) in [4.78, 5) is 28.7. The first kappa shape index (κ1) is 19.0. The van der Waals surface area contributed by atoms with Crippen LogP contribution in [0.15, 0.2) is 102 Å². The Balaban J connectivity index is 1.64. The highest BCUT2D eigenvalue weighted by Crippen LogP contribution is 2.50. The zero-order chi connectivity index (χ0) is 20.7. The number of hydrogen-bond donors (Lipinski definition) is 0. The highest BCUT2D eigenvalue weighted by Gasteiger charge is 2.55. The van der Waals surface area contributed by atoms with Gasteiger partial charge in [-0.3, -0.25) is 9.59 Å². The highest BCUT2D eigenvalue weighted by atomic mass is 79.9. The third-order valence-electron chi connectivity index (χ3n) is 6.13. The van der Waals surface area contributed by atoms with Gasteiger partial charge in [0.2, 0.25) is 11.8 Å². The van der Waals surface area contributed by atoms with Crippen LogP contribution >= 0.6 is 15.9 Å². The van der Waals surface area contributed by atoms with Crippen LogP contribution in [0.1, 0.15) is 23.0 Å². The van der Waals surface area contributed by atoms with E-state index in [2.05, 4.69) is 28.1 Å². The zero-order valence-corrected chi connectivity index (χ0v) is 17.8. The van der Waals surface area contributed by atoms with E-state index in [1.54, 1.807) is 0 Å². The number of imide groups is 1. The second-order valence-electron chi connectivity index (χ2n) is 7.80. The molecule has 0 saturated carbocycles. The van der Waals surface area contributed by atoms with Crippen LogP contribution in [0, 0.1) is 11.8 Å². The van der Waals surface area contributed by atoms with Crippen molar-refractivity contribution in [1.29, 1.82) is 0 Å². The van der Waals surface area contributed by atoms with E-state index in [1.807, 2.05) is 84.9 Å². The molecule has 3 nitrogen and oxygen atoms in total. The Morgan fingerprint density at radius 2 is 1.13 bits per heavy atom. The van der Waals surface area contributed by atoms with E-state index in [1.165, 1.54) is 4.90 Å². The van der Waals surface area contributed by atoms with E-state index in [0.29, 0.717) is 5.69 Å². The summed E-state index contributed by atoms with van der Waals surface area (Å²) in [6, 6.07) is 27.4. The van der Waals surface area contributed by atoms with Gasteiger partial charge in [-0.05, 0) is 29.3 Å². The summed E-state index contributed by atoms with van der Waals surface area (Å²) in [6.07, 6.45) is 4.23. The minimum Gasteiger partial charge on any atom is -0.274 e. The summed E-state index contributed by atoms with van der Waals surface area (Å²) >= 11 is 3.46. The first-order chi connectivity index (χ1) is 14.6. The molecule has 3 aromatic rings. The van der Waals surface area contributed by atoms with Gasteiger partial charge in [0, 0.05) is 16.3 Å². The third-order valence-corrected chi connectivity index (χ3v) is 6.63. The lowest BCUT2D eigenvalue weighted by atomic mass is 9.68. The number of benzene rings is 3.